The molecule has 1 heterocycles. The van der Waals surface area contributed by atoms with E-state index in [1.165, 1.54) is 0 Å². The third-order valence-corrected chi connectivity index (χ3v) is 3.87. The summed E-state index contributed by atoms with van der Waals surface area (Å²) < 4.78 is 1.96. The minimum atomic E-state index is 0.0184. The van der Waals surface area contributed by atoms with Crippen LogP contribution in [-0.2, 0) is 13.1 Å². The first-order valence-corrected chi connectivity index (χ1v) is 6.92. The van der Waals surface area contributed by atoms with Gasteiger partial charge in [-0.25, -0.2) is 9.67 Å². The van der Waals surface area contributed by atoms with Gasteiger partial charge in [-0.1, -0.05) is 20.8 Å². The number of aryl methyl sites for hydroxylation is 1. The molecule has 0 amide bonds. The van der Waals surface area contributed by atoms with E-state index in [1.807, 2.05) is 4.68 Å². The van der Waals surface area contributed by atoms with Crippen LogP contribution >= 0.6 is 11.6 Å². The molecule has 1 N–H and O–H groups in total. The summed E-state index contributed by atoms with van der Waals surface area (Å²) in [4.78, 5) is 4.29. The zero-order valence-electron chi connectivity index (χ0n) is 11.0. The summed E-state index contributed by atoms with van der Waals surface area (Å²) >= 11 is 6.06. The van der Waals surface area contributed by atoms with E-state index < -0.39 is 0 Å². The van der Waals surface area contributed by atoms with Crippen molar-refractivity contribution >= 4 is 11.6 Å². The molecule has 0 saturated heterocycles. The Morgan fingerprint density at radius 3 is 2.59 bits per heavy atom. The molecule has 0 atom stereocenters. The molecule has 17 heavy (non-hydrogen) atoms. The first-order chi connectivity index (χ1) is 8.21. The van der Waals surface area contributed by atoms with Gasteiger partial charge in [0.25, 0.3) is 0 Å². The molecule has 0 aliphatic heterocycles. The highest BCUT2D eigenvalue weighted by atomic mass is 35.5. The number of alkyl halides is 1. The normalized spacial score (nSPS) is 12.0. The molecule has 98 valence electrons. The summed E-state index contributed by atoms with van der Waals surface area (Å²) in [5.41, 5.74) is 0.0184. The molecule has 0 aliphatic rings. The molecular formula is C12H23ClN4. The summed E-state index contributed by atoms with van der Waals surface area (Å²) in [6.45, 7) is 8.11. The predicted molar refractivity (Wildman–Crippen MR) is 71.2 cm³/mol. The molecule has 0 spiro atoms. The quantitative estimate of drug-likeness (QED) is 0.729. The topological polar surface area (TPSA) is 42.7 Å². The van der Waals surface area contributed by atoms with E-state index in [-0.39, 0.29) is 5.54 Å². The Balaban J connectivity index is 2.62. The molecule has 1 aromatic heterocycles. The van der Waals surface area contributed by atoms with Crippen molar-refractivity contribution in [3.8, 4) is 0 Å². The van der Waals surface area contributed by atoms with Crippen LogP contribution in [0.25, 0.3) is 0 Å². The van der Waals surface area contributed by atoms with Gasteiger partial charge in [-0.3, -0.25) is 0 Å². The summed E-state index contributed by atoms with van der Waals surface area (Å²) in [6, 6.07) is 0. The summed E-state index contributed by atoms with van der Waals surface area (Å²) in [6.07, 6.45) is 4.73. The maximum Gasteiger partial charge on any atom is 0.140 e. The lowest BCUT2D eigenvalue weighted by molar-refractivity contribution is 0.326. The van der Waals surface area contributed by atoms with E-state index in [9.17, 15) is 0 Å². The molecule has 1 rings (SSSR count). The predicted octanol–water partition coefficient (Wildman–Crippen LogP) is 2.58. The average Bonchev–Trinajstić information content (AvgIpc) is 2.80. The second-order valence-corrected chi connectivity index (χ2v) is 4.64. The van der Waals surface area contributed by atoms with Gasteiger partial charge in [0.2, 0.25) is 0 Å². The molecule has 0 radical (unpaired) electrons. The fourth-order valence-corrected chi connectivity index (χ4v) is 2.30. The highest BCUT2D eigenvalue weighted by Crippen LogP contribution is 2.17. The Bertz CT molecular complexity index is 312. The third kappa shape index (κ3) is 3.68. The van der Waals surface area contributed by atoms with Gasteiger partial charge in [0.1, 0.15) is 12.2 Å². The van der Waals surface area contributed by atoms with Crippen molar-refractivity contribution in [2.75, 3.05) is 5.88 Å². The van der Waals surface area contributed by atoms with Gasteiger partial charge in [-0.15, -0.1) is 11.6 Å². The second kappa shape index (κ2) is 6.97. The number of rotatable bonds is 8. The fraction of sp³-hybridized carbons (Fsp3) is 0.833. The largest absolute Gasteiger partial charge is 0.303 e. The van der Waals surface area contributed by atoms with Crippen molar-refractivity contribution in [2.45, 2.75) is 58.7 Å². The maximum atomic E-state index is 6.06. The minimum absolute atomic E-state index is 0.0184. The zero-order valence-corrected chi connectivity index (χ0v) is 11.8. The van der Waals surface area contributed by atoms with Gasteiger partial charge in [0.05, 0.1) is 6.54 Å². The molecule has 0 saturated carbocycles. The molecule has 0 fully saturated rings. The van der Waals surface area contributed by atoms with Crippen LogP contribution in [0, 0.1) is 0 Å². The zero-order chi connectivity index (χ0) is 12.7. The molecule has 0 aromatic carbocycles. The van der Waals surface area contributed by atoms with E-state index >= 15 is 0 Å². The highest BCUT2D eigenvalue weighted by molar-refractivity contribution is 6.18. The van der Waals surface area contributed by atoms with Crippen LogP contribution in [0.1, 0.15) is 45.9 Å². The Hall–Kier alpha value is -0.610. The van der Waals surface area contributed by atoms with Crippen molar-refractivity contribution in [1.29, 1.82) is 0 Å². The standard InChI is InChI=1S/C12H23ClN4/c1-4-7-17-11(14-10-16-17)8-15-12(5-2,6-3)9-13/h10,15H,4-9H2,1-3H3. The monoisotopic (exact) mass is 258 g/mol. The van der Waals surface area contributed by atoms with Crippen LogP contribution in [0.4, 0.5) is 0 Å². The number of halogens is 1. The van der Waals surface area contributed by atoms with E-state index in [2.05, 4.69) is 36.2 Å². The van der Waals surface area contributed by atoms with Gasteiger partial charge >= 0.3 is 0 Å². The van der Waals surface area contributed by atoms with Crippen molar-refractivity contribution in [2.24, 2.45) is 0 Å². The Morgan fingerprint density at radius 2 is 2.06 bits per heavy atom. The molecule has 0 unspecified atom stereocenters. The average molecular weight is 259 g/mol. The number of nitrogens with one attached hydrogen (secondary N) is 1. The van der Waals surface area contributed by atoms with E-state index in [0.29, 0.717) is 5.88 Å². The maximum absolute atomic E-state index is 6.06. The lowest BCUT2D eigenvalue weighted by Gasteiger charge is -2.30. The first-order valence-electron chi connectivity index (χ1n) is 6.39. The Morgan fingerprint density at radius 1 is 1.35 bits per heavy atom. The van der Waals surface area contributed by atoms with Gasteiger partial charge in [0.15, 0.2) is 0 Å². The number of hydrogen-bond acceptors (Lipinski definition) is 3. The van der Waals surface area contributed by atoms with Crippen LogP contribution < -0.4 is 5.32 Å². The second-order valence-electron chi connectivity index (χ2n) is 4.37. The first kappa shape index (κ1) is 14.5. The summed E-state index contributed by atoms with van der Waals surface area (Å²) in [5.74, 6) is 1.62. The molecule has 5 heteroatoms. The van der Waals surface area contributed by atoms with Crippen molar-refractivity contribution in [3.63, 3.8) is 0 Å². The van der Waals surface area contributed by atoms with Gasteiger partial charge in [-0.05, 0) is 19.3 Å². The molecule has 1 aromatic rings. The van der Waals surface area contributed by atoms with E-state index in [1.54, 1.807) is 6.33 Å². The number of aromatic nitrogens is 3. The molecule has 4 nitrogen and oxygen atoms in total. The SMILES string of the molecule is CCCn1ncnc1CNC(CC)(CC)CCl. The Labute approximate surface area is 109 Å². The summed E-state index contributed by atoms with van der Waals surface area (Å²) in [5, 5.41) is 7.74. The van der Waals surface area contributed by atoms with Crippen molar-refractivity contribution in [1.82, 2.24) is 20.1 Å². The van der Waals surface area contributed by atoms with Crippen LogP contribution in [0.2, 0.25) is 0 Å². The molecule has 0 aliphatic carbocycles. The minimum Gasteiger partial charge on any atom is -0.303 e. The van der Waals surface area contributed by atoms with E-state index in [4.69, 9.17) is 11.6 Å². The summed E-state index contributed by atoms with van der Waals surface area (Å²) in [7, 11) is 0. The smallest absolute Gasteiger partial charge is 0.140 e. The lowest BCUT2D eigenvalue weighted by atomic mass is 9.95. The Kier molecular flexibility index (Phi) is 5.92. The number of hydrogen-bond donors (Lipinski definition) is 1. The van der Waals surface area contributed by atoms with Crippen LogP contribution in [-0.4, -0.2) is 26.2 Å². The molecular weight excluding hydrogens is 236 g/mol. The lowest BCUT2D eigenvalue weighted by Crippen LogP contribution is -2.45. The fourth-order valence-electron chi connectivity index (χ4n) is 1.83. The number of nitrogens with zero attached hydrogens (tertiary/aromatic N) is 3. The highest BCUT2D eigenvalue weighted by Gasteiger charge is 2.24. The molecule has 0 bridgehead atoms. The van der Waals surface area contributed by atoms with Crippen molar-refractivity contribution < 1.29 is 0 Å². The van der Waals surface area contributed by atoms with Crippen molar-refractivity contribution in [3.05, 3.63) is 12.2 Å². The third-order valence-electron chi connectivity index (χ3n) is 3.36. The van der Waals surface area contributed by atoms with Crippen LogP contribution in [0.3, 0.4) is 0 Å². The van der Waals surface area contributed by atoms with Gasteiger partial charge in [-0.2, -0.15) is 5.10 Å². The van der Waals surface area contributed by atoms with Gasteiger partial charge < -0.3 is 5.32 Å². The van der Waals surface area contributed by atoms with Crippen LogP contribution in [0.5, 0.6) is 0 Å². The van der Waals surface area contributed by atoms with E-state index in [0.717, 1.165) is 38.2 Å². The van der Waals surface area contributed by atoms with Gasteiger partial charge in [0, 0.05) is 18.0 Å². The van der Waals surface area contributed by atoms with Crippen LogP contribution in [0.15, 0.2) is 6.33 Å².